The van der Waals surface area contributed by atoms with Crippen LogP contribution in [0.15, 0.2) is 78.2 Å². The first-order valence-electron chi connectivity index (χ1n) is 7.93. The van der Waals surface area contributed by atoms with Crippen LogP contribution in [0.3, 0.4) is 0 Å². The monoisotopic (exact) mass is 379 g/mol. The van der Waals surface area contributed by atoms with E-state index in [9.17, 15) is 9.59 Å². The predicted octanol–water partition coefficient (Wildman–Crippen LogP) is 3.72. The molecule has 0 saturated heterocycles. The Hall–Kier alpha value is -3.51. The van der Waals surface area contributed by atoms with Crippen LogP contribution in [0.1, 0.15) is 26.3 Å². The number of carbonyl (C=O) groups excluding carboxylic acids is 2. The van der Waals surface area contributed by atoms with Crippen molar-refractivity contribution in [1.82, 2.24) is 10.4 Å². The highest BCUT2D eigenvalue weighted by atomic mass is 35.5. The van der Waals surface area contributed by atoms with Gasteiger partial charge in [0.2, 0.25) is 0 Å². The minimum atomic E-state index is -0.497. The van der Waals surface area contributed by atoms with Crippen LogP contribution in [0.25, 0.3) is 0 Å². The Balaban J connectivity index is 1.57. The smallest absolute Gasteiger partial charge is 0.343 e. The summed E-state index contributed by atoms with van der Waals surface area (Å²) in [6.07, 6.45) is 4.55. The fourth-order valence-electron chi connectivity index (χ4n) is 2.14. The van der Waals surface area contributed by atoms with Crippen molar-refractivity contribution in [1.29, 1.82) is 0 Å². The molecule has 7 heteroatoms. The Morgan fingerprint density at radius 3 is 2.44 bits per heavy atom. The number of hydrogen-bond donors (Lipinski definition) is 1. The van der Waals surface area contributed by atoms with E-state index in [1.165, 1.54) is 24.7 Å². The van der Waals surface area contributed by atoms with Crippen molar-refractivity contribution in [2.75, 3.05) is 0 Å². The van der Waals surface area contributed by atoms with Gasteiger partial charge < -0.3 is 4.74 Å². The largest absolute Gasteiger partial charge is 0.423 e. The second-order valence-electron chi connectivity index (χ2n) is 5.40. The quantitative estimate of drug-likeness (QED) is 0.317. The number of nitrogens with one attached hydrogen (secondary N) is 1. The van der Waals surface area contributed by atoms with E-state index in [-0.39, 0.29) is 5.91 Å². The molecule has 1 aromatic heterocycles. The van der Waals surface area contributed by atoms with Gasteiger partial charge in [0.05, 0.1) is 11.8 Å². The highest BCUT2D eigenvalue weighted by Crippen LogP contribution is 2.16. The molecule has 0 saturated carbocycles. The summed E-state index contributed by atoms with van der Waals surface area (Å²) < 4.78 is 5.29. The van der Waals surface area contributed by atoms with Crippen molar-refractivity contribution in [3.05, 3.63) is 94.8 Å². The van der Waals surface area contributed by atoms with Crippen molar-refractivity contribution in [2.24, 2.45) is 5.10 Å². The maximum atomic E-state index is 12.1. The van der Waals surface area contributed by atoms with Crippen LogP contribution < -0.4 is 10.2 Å². The van der Waals surface area contributed by atoms with Crippen LogP contribution in [-0.4, -0.2) is 23.1 Å². The van der Waals surface area contributed by atoms with Gasteiger partial charge in [-0.3, -0.25) is 9.78 Å². The molecule has 3 rings (SSSR count). The number of nitrogens with zero attached hydrogens (tertiary/aromatic N) is 2. The molecule has 0 spiro atoms. The van der Waals surface area contributed by atoms with Gasteiger partial charge in [-0.2, -0.15) is 5.10 Å². The van der Waals surface area contributed by atoms with Gasteiger partial charge in [0.1, 0.15) is 5.75 Å². The van der Waals surface area contributed by atoms with Crippen LogP contribution in [0.5, 0.6) is 5.75 Å². The molecule has 6 nitrogen and oxygen atoms in total. The molecule has 0 fully saturated rings. The number of hydrazone groups is 1. The number of pyridine rings is 1. The Bertz CT molecular complexity index is 973. The lowest BCUT2D eigenvalue weighted by atomic mass is 10.2. The summed E-state index contributed by atoms with van der Waals surface area (Å²) >= 11 is 5.87. The zero-order valence-electron chi connectivity index (χ0n) is 14.0. The molecule has 1 N–H and O–H groups in total. The molecule has 134 valence electrons. The summed E-state index contributed by atoms with van der Waals surface area (Å²) in [7, 11) is 0. The summed E-state index contributed by atoms with van der Waals surface area (Å²) in [5, 5.41) is 4.36. The van der Waals surface area contributed by atoms with E-state index in [4.69, 9.17) is 16.3 Å². The maximum Gasteiger partial charge on any atom is 0.343 e. The first-order chi connectivity index (χ1) is 13.1. The Morgan fingerprint density at radius 2 is 1.74 bits per heavy atom. The number of ether oxygens (including phenoxy) is 1. The molecule has 0 radical (unpaired) electrons. The van der Waals surface area contributed by atoms with E-state index in [1.54, 1.807) is 54.6 Å². The Labute approximate surface area is 160 Å². The molecule has 0 aliphatic rings. The van der Waals surface area contributed by atoms with Crippen molar-refractivity contribution < 1.29 is 14.3 Å². The van der Waals surface area contributed by atoms with Crippen LogP contribution in [-0.2, 0) is 0 Å². The zero-order valence-corrected chi connectivity index (χ0v) is 14.8. The van der Waals surface area contributed by atoms with Gasteiger partial charge in [-0.1, -0.05) is 17.7 Å². The minimum Gasteiger partial charge on any atom is -0.423 e. The fraction of sp³-hybridized carbons (Fsp3) is 0. The SMILES string of the molecule is O=C(N/N=C/c1ccc(OC(=O)c2cccc(Cl)c2)cc1)c1ccncc1. The molecule has 1 amide bonds. The lowest BCUT2D eigenvalue weighted by Crippen LogP contribution is -2.17. The number of carbonyl (C=O) groups is 2. The van der Waals surface area contributed by atoms with E-state index in [0.717, 1.165) is 5.56 Å². The number of amides is 1. The number of rotatable bonds is 5. The van der Waals surface area contributed by atoms with Crippen LogP contribution in [0.4, 0.5) is 0 Å². The first kappa shape index (κ1) is 18.3. The predicted molar refractivity (Wildman–Crippen MR) is 102 cm³/mol. The molecule has 0 aliphatic carbocycles. The van der Waals surface area contributed by atoms with Gasteiger partial charge >= 0.3 is 5.97 Å². The summed E-state index contributed by atoms with van der Waals surface area (Å²) in [6.45, 7) is 0. The van der Waals surface area contributed by atoms with Crippen molar-refractivity contribution in [3.63, 3.8) is 0 Å². The molecule has 0 unspecified atom stereocenters. The summed E-state index contributed by atoms with van der Waals surface area (Å²) in [6, 6.07) is 16.4. The van der Waals surface area contributed by atoms with Crippen LogP contribution in [0, 0.1) is 0 Å². The third-order valence-electron chi connectivity index (χ3n) is 3.47. The second-order valence-corrected chi connectivity index (χ2v) is 5.84. The molecule has 27 heavy (non-hydrogen) atoms. The minimum absolute atomic E-state index is 0.333. The lowest BCUT2D eigenvalue weighted by Gasteiger charge is -2.05. The molecule has 0 atom stereocenters. The Morgan fingerprint density at radius 1 is 1.00 bits per heavy atom. The van der Waals surface area contributed by atoms with E-state index in [2.05, 4.69) is 15.5 Å². The average molecular weight is 380 g/mol. The molecule has 0 bridgehead atoms. The topological polar surface area (TPSA) is 80.6 Å². The lowest BCUT2D eigenvalue weighted by molar-refractivity contribution is 0.0734. The number of halogens is 1. The molecule has 1 heterocycles. The number of aromatic nitrogens is 1. The molecular formula is C20H14ClN3O3. The normalized spacial score (nSPS) is 10.6. The van der Waals surface area contributed by atoms with Crippen molar-refractivity contribution in [3.8, 4) is 5.75 Å². The van der Waals surface area contributed by atoms with E-state index in [1.807, 2.05) is 0 Å². The van der Waals surface area contributed by atoms with E-state index < -0.39 is 5.97 Å². The van der Waals surface area contributed by atoms with Gasteiger partial charge in [-0.15, -0.1) is 0 Å². The Kier molecular flexibility index (Phi) is 5.91. The van der Waals surface area contributed by atoms with Gasteiger partial charge in [-0.05, 0) is 60.2 Å². The van der Waals surface area contributed by atoms with Gasteiger partial charge in [-0.25, -0.2) is 10.2 Å². The third-order valence-corrected chi connectivity index (χ3v) is 3.71. The standard InChI is InChI=1S/C20H14ClN3O3/c21-17-3-1-2-16(12-17)20(26)27-18-6-4-14(5-7-18)13-23-24-19(25)15-8-10-22-11-9-15/h1-13H,(H,24,25)/b23-13+. The summed E-state index contributed by atoms with van der Waals surface area (Å²) in [5.41, 5.74) is 3.99. The van der Waals surface area contributed by atoms with Gasteiger partial charge in [0.15, 0.2) is 0 Å². The van der Waals surface area contributed by atoms with Crippen molar-refractivity contribution in [2.45, 2.75) is 0 Å². The number of hydrogen-bond acceptors (Lipinski definition) is 5. The van der Waals surface area contributed by atoms with Gasteiger partial charge in [0.25, 0.3) is 5.91 Å². The number of esters is 1. The fourth-order valence-corrected chi connectivity index (χ4v) is 2.33. The van der Waals surface area contributed by atoms with Crippen LogP contribution in [0.2, 0.25) is 5.02 Å². The third kappa shape index (κ3) is 5.23. The molecule has 2 aromatic carbocycles. The number of benzene rings is 2. The zero-order chi connectivity index (χ0) is 19.1. The van der Waals surface area contributed by atoms with E-state index in [0.29, 0.717) is 21.9 Å². The highest BCUT2D eigenvalue weighted by Gasteiger charge is 2.08. The molecule has 3 aromatic rings. The average Bonchev–Trinajstić information content (AvgIpc) is 2.70. The highest BCUT2D eigenvalue weighted by molar-refractivity contribution is 6.30. The van der Waals surface area contributed by atoms with Crippen LogP contribution >= 0.6 is 11.6 Å². The first-order valence-corrected chi connectivity index (χ1v) is 8.31. The molecular weight excluding hydrogens is 366 g/mol. The summed E-state index contributed by atoms with van der Waals surface area (Å²) in [5.74, 6) is -0.442. The van der Waals surface area contributed by atoms with Crippen molar-refractivity contribution >= 4 is 29.7 Å². The summed E-state index contributed by atoms with van der Waals surface area (Å²) in [4.78, 5) is 27.8. The molecule has 0 aliphatic heterocycles. The van der Waals surface area contributed by atoms with E-state index >= 15 is 0 Å². The van der Waals surface area contributed by atoms with Gasteiger partial charge in [0, 0.05) is 23.0 Å². The second kappa shape index (κ2) is 8.73. The maximum absolute atomic E-state index is 12.1.